The van der Waals surface area contributed by atoms with E-state index in [1.807, 2.05) is 6.20 Å². The van der Waals surface area contributed by atoms with Gasteiger partial charge in [0.2, 0.25) is 0 Å². The van der Waals surface area contributed by atoms with Gasteiger partial charge >= 0.3 is 0 Å². The van der Waals surface area contributed by atoms with Crippen LogP contribution in [0.5, 0.6) is 0 Å². The molecule has 0 bridgehead atoms. The van der Waals surface area contributed by atoms with Crippen molar-refractivity contribution in [1.82, 2.24) is 14.9 Å². The van der Waals surface area contributed by atoms with E-state index >= 15 is 0 Å². The van der Waals surface area contributed by atoms with E-state index in [0.29, 0.717) is 0 Å². The van der Waals surface area contributed by atoms with Gasteiger partial charge in [-0.2, -0.15) is 0 Å². The maximum absolute atomic E-state index is 4.04. The number of rotatable bonds is 4. The van der Waals surface area contributed by atoms with Gasteiger partial charge in [-0.3, -0.25) is 4.90 Å². The molecule has 4 heteroatoms. The van der Waals surface area contributed by atoms with Crippen LogP contribution in [0.3, 0.4) is 0 Å². The predicted octanol–water partition coefficient (Wildman–Crippen LogP) is 12.4. The number of anilines is 2. The lowest BCUT2D eigenvalue weighted by Gasteiger charge is -2.42. The highest BCUT2D eigenvalue weighted by Crippen LogP contribution is 2.54. The van der Waals surface area contributed by atoms with Crippen LogP contribution in [0.4, 0.5) is 11.4 Å². The molecule has 54 heavy (non-hydrogen) atoms. The Morgan fingerprint density at radius 2 is 1.19 bits per heavy atom. The number of fused-ring (bicyclic) bond motifs is 10. The van der Waals surface area contributed by atoms with Crippen LogP contribution in [0, 0.1) is 0 Å². The van der Waals surface area contributed by atoms with Crippen molar-refractivity contribution in [3.63, 3.8) is 0 Å². The van der Waals surface area contributed by atoms with Gasteiger partial charge in [-0.25, -0.2) is 0 Å². The lowest BCUT2D eigenvalue weighted by Crippen LogP contribution is -2.47. The van der Waals surface area contributed by atoms with Crippen LogP contribution in [0.1, 0.15) is 18.2 Å². The Labute approximate surface area is 314 Å². The molecule has 3 aliphatic rings. The van der Waals surface area contributed by atoms with Crippen molar-refractivity contribution in [3.8, 4) is 50.3 Å². The first kappa shape index (κ1) is 30.6. The van der Waals surface area contributed by atoms with Crippen LogP contribution in [-0.2, 0) is 5.54 Å². The van der Waals surface area contributed by atoms with Gasteiger partial charge in [0.15, 0.2) is 0 Å². The van der Waals surface area contributed by atoms with Crippen molar-refractivity contribution < 1.29 is 0 Å². The molecular weight excluding hydrogens is 657 g/mol. The zero-order valence-corrected chi connectivity index (χ0v) is 29.8. The first-order valence-electron chi connectivity index (χ1n) is 18.6. The minimum Gasteiger partial charge on any atom is -0.362 e. The van der Waals surface area contributed by atoms with Crippen molar-refractivity contribution >= 4 is 28.4 Å². The van der Waals surface area contributed by atoms with Crippen molar-refractivity contribution in [2.24, 2.45) is 0 Å². The normalized spacial score (nSPS) is 16.6. The first-order chi connectivity index (χ1) is 26.7. The lowest BCUT2D eigenvalue weighted by atomic mass is 9.80. The summed E-state index contributed by atoms with van der Waals surface area (Å²) in [6, 6.07) is 57.3. The number of aromatic nitrogens is 2. The third kappa shape index (κ3) is 4.50. The molecule has 0 radical (unpaired) electrons. The quantitative estimate of drug-likeness (QED) is 0.193. The molecule has 0 fully saturated rings. The lowest BCUT2D eigenvalue weighted by molar-refractivity contribution is 0.461. The first-order valence-corrected chi connectivity index (χ1v) is 18.6. The van der Waals surface area contributed by atoms with E-state index < -0.39 is 5.54 Å². The molecule has 0 spiro atoms. The number of hydrogen-bond acceptors (Lipinski definition) is 2. The highest BCUT2D eigenvalue weighted by molar-refractivity contribution is 6.12. The molecule has 2 aliphatic heterocycles. The number of para-hydroxylation sites is 3. The van der Waals surface area contributed by atoms with Gasteiger partial charge in [0.05, 0.1) is 28.3 Å². The van der Waals surface area contributed by atoms with Crippen molar-refractivity contribution in [2.75, 3.05) is 4.90 Å². The second-order valence-electron chi connectivity index (χ2n) is 14.5. The van der Waals surface area contributed by atoms with Crippen LogP contribution in [0.15, 0.2) is 194 Å². The highest BCUT2D eigenvalue weighted by Gasteiger charge is 2.40. The van der Waals surface area contributed by atoms with E-state index in [0.717, 1.165) is 28.4 Å². The van der Waals surface area contributed by atoms with Gasteiger partial charge in [0, 0.05) is 34.0 Å². The summed E-state index contributed by atoms with van der Waals surface area (Å²) in [5.74, 6) is 1.02. The summed E-state index contributed by atoms with van der Waals surface area (Å²) in [6.45, 7) is 2.28. The third-order valence-corrected chi connectivity index (χ3v) is 11.4. The second-order valence-corrected chi connectivity index (χ2v) is 14.5. The van der Waals surface area contributed by atoms with E-state index in [-0.39, 0.29) is 0 Å². The Hall–Kier alpha value is -7.04. The molecule has 6 aromatic carbocycles. The van der Waals surface area contributed by atoms with Crippen LogP contribution in [-0.4, -0.2) is 9.55 Å². The van der Waals surface area contributed by atoms with Gasteiger partial charge in [-0.05, 0) is 88.9 Å². The maximum atomic E-state index is 4.04. The van der Waals surface area contributed by atoms with E-state index in [1.54, 1.807) is 0 Å². The minimum absolute atomic E-state index is 0.422. The van der Waals surface area contributed by atoms with Crippen LogP contribution < -0.4 is 10.2 Å². The maximum Gasteiger partial charge on any atom is 0.111 e. The van der Waals surface area contributed by atoms with Gasteiger partial charge < -0.3 is 14.9 Å². The number of hydrogen-bond donors (Lipinski definition) is 2. The Kier molecular flexibility index (Phi) is 6.65. The molecule has 2 aromatic heterocycles. The fourth-order valence-electron chi connectivity index (χ4n) is 8.91. The zero-order valence-electron chi connectivity index (χ0n) is 29.8. The molecule has 0 saturated carbocycles. The Bertz CT molecular complexity index is 2810. The fraction of sp³-hybridized carbons (Fsp3) is 0.0400. The Balaban J connectivity index is 1.20. The summed E-state index contributed by atoms with van der Waals surface area (Å²) in [6.07, 6.45) is 11.0. The van der Waals surface area contributed by atoms with Gasteiger partial charge in [-0.15, -0.1) is 0 Å². The number of nitrogens with one attached hydrogen (secondary N) is 2. The van der Waals surface area contributed by atoms with Crippen molar-refractivity contribution in [3.05, 3.63) is 205 Å². The second kappa shape index (κ2) is 11.7. The summed E-state index contributed by atoms with van der Waals surface area (Å²) < 4.78 is 2.50. The van der Waals surface area contributed by atoms with Crippen LogP contribution in [0.25, 0.3) is 67.3 Å². The van der Waals surface area contributed by atoms with Crippen molar-refractivity contribution in [2.45, 2.75) is 12.5 Å². The monoisotopic (exact) mass is 692 g/mol. The molecule has 4 nitrogen and oxygen atoms in total. The van der Waals surface area contributed by atoms with E-state index in [1.165, 1.54) is 66.8 Å². The van der Waals surface area contributed by atoms with Gasteiger partial charge in [0.1, 0.15) is 11.4 Å². The molecule has 4 heterocycles. The largest absolute Gasteiger partial charge is 0.362 e. The number of allylic oxidation sites excluding steroid dienone is 2. The molecule has 8 aromatic rings. The molecular formula is C50H36N4. The molecule has 11 rings (SSSR count). The van der Waals surface area contributed by atoms with Crippen LogP contribution >= 0.6 is 0 Å². The van der Waals surface area contributed by atoms with E-state index in [2.05, 4.69) is 209 Å². The topological polar surface area (TPSA) is 36.0 Å². The molecule has 1 aliphatic carbocycles. The highest BCUT2D eigenvalue weighted by atomic mass is 15.3. The average molecular weight is 693 g/mol. The Morgan fingerprint density at radius 3 is 1.93 bits per heavy atom. The molecule has 1 atom stereocenters. The summed E-state index contributed by atoms with van der Waals surface area (Å²) >= 11 is 0. The molecule has 256 valence electrons. The summed E-state index contributed by atoms with van der Waals surface area (Å²) in [5, 5.41) is 5.26. The SMILES string of the molecule is CC12NC(N3c4ccccc4-c4c(n(-c5cc(-c6ccccc6)cc(-c6ccccc6)c5)c5ccccc45)-c4ccccc43)=CC=C1C=Cc1cc[nH]c12. The zero-order chi connectivity index (χ0) is 35.8. The van der Waals surface area contributed by atoms with Crippen molar-refractivity contribution in [1.29, 1.82) is 0 Å². The summed E-state index contributed by atoms with van der Waals surface area (Å²) in [5.41, 5.74) is 17.2. The van der Waals surface area contributed by atoms with Gasteiger partial charge in [-0.1, -0.05) is 133 Å². The number of dihydropyridines is 1. The summed E-state index contributed by atoms with van der Waals surface area (Å²) in [4.78, 5) is 5.99. The standard InChI is InChI=1S/C50H36N4/c1-50-38(25-24-35-28-29-51-49(35)50)26-27-46(52-50)54-44-22-12-9-19-41(44)47-40-18-8-11-21-43(40)53(48(47)42-20-10-13-23-45(42)54)39-31-36(33-14-4-2-5-15-33)30-37(32-39)34-16-6-3-7-17-34/h2-32,51-52H,1H3. The molecule has 2 N–H and O–H groups in total. The minimum atomic E-state index is -0.422. The number of H-pyrrole nitrogens is 1. The molecule has 1 unspecified atom stereocenters. The number of nitrogens with zero attached hydrogens (tertiary/aromatic N) is 2. The van der Waals surface area contributed by atoms with Crippen LogP contribution in [0.2, 0.25) is 0 Å². The predicted molar refractivity (Wildman–Crippen MR) is 224 cm³/mol. The smallest absolute Gasteiger partial charge is 0.111 e. The molecule has 0 amide bonds. The third-order valence-electron chi connectivity index (χ3n) is 11.4. The van der Waals surface area contributed by atoms with Gasteiger partial charge in [0.25, 0.3) is 0 Å². The fourth-order valence-corrected chi connectivity index (χ4v) is 8.91. The average Bonchev–Trinajstić information content (AvgIpc) is 3.83. The van der Waals surface area contributed by atoms with E-state index in [9.17, 15) is 0 Å². The number of aromatic amines is 1. The molecule has 0 saturated heterocycles. The Morgan fingerprint density at radius 1 is 0.556 bits per heavy atom. The van der Waals surface area contributed by atoms with E-state index in [4.69, 9.17) is 0 Å². The summed E-state index contributed by atoms with van der Waals surface area (Å²) in [7, 11) is 0. The number of benzene rings is 6.